The number of ether oxygens (including phenoxy) is 1. The minimum atomic E-state index is -2.17. The molecule has 1 aromatic rings. The first-order valence-corrected chi connectivity index (χ1v) is 5.41. The number of esters is 1. The Hall–Kier alpha value is -3.02. The summed E-state index contributed by atoms with van der Waals surface area (Å²) in [5.74, 6) is -1.45. The lowest BCUT2D eigenvalue weighted by molar-refractivity contribution is -0.142. The molecule has 9 nitrogen and oxygen atoms in total. The zero-order valence-electron chi connectivity index (χ0n) is 10.5. The smallest absolute Gasteiger partial charge is 0.302 e. The molecule has 0 radical (unpaired) electrons. The van der Waals surface area contributed by atoms with Gasteiger partial charge in [0.25, 0.3) is 0 Å². The molecule has 1 aromatic carbocycles. The van der Waals surface area contributed by atoms with Crippen molar-refractivity contribution in [3.8, 4) is 0 Å². The van der Waals surface area contributed by atoms with E-state index in [1.54, 1.807) is 18.2 Å². The van der Waals surface area contributed by atoms with E-state index in [1.165, 1.54) is 12.1 Å². The molecule has 0 saturated carbocycles. The van der Waals surface area contributed by atoms with Crippen molar-refractivity contribution >= 4 is 11.8 Å². The number of hydrogen-bond donors (Lipinski definition) is 0. The van der Waals surface area contributed by atoms with Gasteiger partial charge in [-0.1, -0.05) is 40.6 Å². The van der Waals surface area contributed by atoms with Gasteiger partial charge in [0.2, 0.25) is 5.66 Å². The SMILES string of the molecule is CC(=O)OCC(N=[N+]=[N-])(N=[N+]=[N-])C(=O)c1ccccc1. The molecule has 0 aliphatic carbocycles. The molecule has 0 heterocycles. The number of rotatable bonds is 6. The van der Waals surface area contributed by atoms with Gasteiger partial charge in [-0.3, -0.25) is 9.59 Å². The molecule has 0 spiro atoms. The fourth-order valence-corrected chi connectivity index (χ4v) is 1.41. The highest BCUT2D eigenvalue weighted by molar-refractivity contribution is 6.03. The van der Waals surface area contributed by atoms with Gasteiger partial charge < -0.3 is 4.74 Å². The third kappa shape index (κ3) is 3.49. The van der Waals surface area contributed by atoms with Crippen LogP contribution in [0.1, 0.15) is 17.3 Å². The number of carbonyl (C=O) groups is 2. The Morgan fingerprint density at radius 2 is 1.75 bits per heavy atom. The Bertz CT molecular complexity index is 584. The van der Waals surface area contributed by atoms with Crippen LogP contribution >= 0.6 is 0 Å². The maximum atomic E-state index is 12.3. The van der Waals surface area contributed by atoms with Gasteiger partial charge in [-0.25, -0.2) is 0 Å². The van der Waals surface area contributed by atoms with E-state index in [1.807, 2.05) is 0 Å². The molecule has 0 atom stereocenters. The van der Waals surface area contributed by atoms with Crippen LogP contribution in [-0.4, -0.2) is 24.0 Å². The lowest BCUT2D eigenvalue weighted by Gasteiger charge is -2.21. The van der Waals surface area contributed by atoms with Crippen molar-refractivity contribution in [3.63, 3.8) is 0 Å². The second-order valence-corrected chi connectivity index (χ2v) is 3.67. The van der Waals surface area contributed by atoms with Crippen molar-refractivity contribution in [2.45, 2.75) is 12.6 Å². The summed E-state index contributed by atoms with van der Waals surface area (Å²) in [6.07, 6.45) is 0. The first-order chi connectivity index (χ1) is 9.55. The molecule has 0 aliphatic heterocycles. The number of benzene rings is 1. The lowest BCUT2D eigenvalue weighted by atomic mass is 10.00. The molecule has 0 aliphatic rings. The minimum absolute atomic E-state index is 0.166. The largest absolute Gasteiger partial charge is 0.464 e. The van der Waals surface area contributed by atoms with Crippen molar-refractivity contribution in [1.29, 1.82) is 0 Å². The molecule has 0 bridgehead atoms. The lowest BCUT2D eigenvalue weighted by Crippen LogP contribution is -2.39. The Morgan fingerprint density at radius 3 is 2.20 bits per heavy atom. The van der Waals surface area contributed by atoms with Gasteiger partial charge in [0.15, 0.2) is 5.78 Å². The van der Waals surface area contributed by atoms with Crippen LogP contribution < -0.4 is 0 Å². The predicted octanol–water partition coefficient (Wildman–Crippen LogP) is 2.75. The second-order valence-electron chi connectivity index (χ2n) is 3.67. The predicted molar refractivity (Wildman–Crippen MR) is 68.4 cm³/mol. The topological polar surface area (TPSA) is 141 Å². The van der Waals surface area contributed by atoms with Crippen LogP contribution in [0.5, 0.6) is 0 Å². The first-order valence-electron chi connectivity index (χ1n) is 5.41. The maximum Gasteiger partial charge on any atom is 0.302 e. The normalized spacial score (nSPS) is 12.2. The van der Waals surface area contributed by atoms with Gasteiger partial charge in [0.1, 0.15) is 6.61 Å². The fourth-order valence-electron chi connectivity index (χ4n) is 1.41. The fraction of sp³-hybridized carbons (Fsp3) is 0.273. The molecule has 0 fully saturated rings. The van der Waals surface area contributed by atoms with E-state index < -0.39 is 24.0 Å². The summed E-state index contributed by atoms with van der Waals surface area (Å²) >= 11 is 0. The summed E-state index contributed by atoms with van der Waals surface area (Å²) in [5, 5.41) is 6.45. The minimum Gasteiger partial charge on any atom is -0.464 e. The number of hydrogen-bond acceptors (Lipinski definition) is 5. The molecule has 0 saturated heterocycles. The van der Waals surface area contributed by atoms with Crippen LogP contribution in [0.25, 0.3) is 20.9 Å². The number of azide groups is 1. The summed E-state index contributed by atoms with van der Waals surface area (Å²) in [7, 11) is 0. The van der Waals surface area contributed by atoms with E-state index in [9.17, 15) is 9.59 Å². The third-order valence-corrected chi connectivity index (χ3v) is 2.30. The number of Topliss-reactive ketones (excluding diaryl/α,β-unsaturated/α-hetero) is 1. The van der Waals surface area contributed by atoms with Gasteiger partial charge in [0.05, 0.1) is 0 Å². The van der Waals surface area contributed by atoms with Gasteiger partial charge in [-0.15, -0.1) is 0 Å². The highest BCUT2D eigenvalue weighted by Crippen LogP contribution is 2.22. The second kappa shape index (κ2) is 6.79. The molecular formula is C11H10N6O3. The van der Waals surface area contributed by atoms with Crippen LogP contribution in [0.4, 0.5) is 0 Å². The van der Waals surface area contributed by atoms with Crippen molar-refractivity contribution in [2.24, 2.45) is 10.2 Å². The quantitative estimate of drug-likeness (QED) is 0.259. The molecule has 0 unspecified atom stereocenters. The summed E-state index contributed by atoms with van der Waals surface area (Å²) in [4.78, 5) is 28.2. The summed E-state index contributed by atoms with van der Waals surface area (Å²) in [6, 6.07) is 7.80. The summed E-state index contributed by atoms with van der Waals surface area (Å²) < 4.78 is 4.67. The van der Waals surface area contributed by atoms with E-state index >= 15 is 0 Å². The highest BCUT2D eigenvalue weighted by Gasteiger charge is 2.39. The monoisotopic (exact) mass is 274 g/mol. The molecule has 0 aromatic heterocycles. The van der Waals surface area contributed by atoms with Crippen LogP contribution in [-0.2, 0) is 9.53 Å². The average Bonchev–Trinajstić information content (AvgIpc) is 2.45. The first kappa shape index (κ1) is 15.0. The van der Waals surface area contributed by atoms with Crippen LogP contribution in [0.15, 0.2) is 40.6 Å². The third-order valence-electron chi connectivity index (χ3n) is 2.30. The van der Waals surface area contributed by atoms with Crippen LogP contribution in [0.2, 0.25) is 0 Å². The summed E-state index contributed by atoms with van der Waals surface area (Å²) in [6.45, 7) is 0.452. The zero-order chi connectivity index (χ0) is 15.0. The van der Waals surface area contributed by atoms with Gasteiger partial charge >= 0.3 is 5.97 Å². The Kier molecular flexibility index (Phi) is 5.11. The standard InChI is InChI=1S/C11H10N6O3/c1-8(18)20-7-11(14-16-12,15-17-13)10(19)9-5-3-2-4-6-9/h2-6H,7H2,1H3. The molecule has 20 heavy (non-hydrogen) atoms. The van der Waals surface area contributed by atoms with Crippen LogP contribution in [0.3, 0.4) is 0 Å². The molecule has 0 amide bonds. The Morgan fingerprint density at radius 1 is 1.20 bits per heavy atom. The molecule has 9 heteroatoms. The van der Waals surface area contributed by atoms with Gasteiger partial charge in [-0.2, -0.15) is 0 Å². The summed E-state index contributed by atoms with van der Waals surface area (Å²) in [5.41, 5.74) is 15.1. The van der Waals surface area contributed by atoms with Gasteiger partial charge in [-0.05, 0) is 11.1 Å². The van der Waals surface area contributed by atoms with Crippen molar-refractivity contribution in [1.82, 2.24) is 0 Å². The number of carbonyl (C=O) groups excluding carboxylic acids is 2. The molecule has 1 rings (SSSR count). The molecular weight excluding hydrogens is 264 g/mol. The van der Waals surface area contributed by atoms with E-state index in [2.05, 4.69) is 24.8 Å². The zero-order valence-corrected chi connectivity index (χ0v) is 10.5. The Balaban J connectivity index is 3.27. The van der Waals surface area contributed by atoms with Crippen molar-refractivity contribution in [3.05, 3.63) is 56.8 Å². The molecule has 102 valence electrons. The maximum absolute atomic E-state index is 12.3. The number of ketones is 1. The van der Waals surface area contributed by atoms with E-state index in [0.29, 0.717) is 0 Å². The van der Waals surface area contributed by atoms with E-state index in [0.717, 1.165) is 6.92 Å². The Labute approximate surface area is 113 Å². The number of nitrogens with zero attached hydrogens (tertiary/aromatic N) is 6. The highest BCUT2D eigenvalue weighted by atomic mass is 16.5. The van der Waals surface area contributed by atoms with E-state index in [-0.39, 0.29) is 5.56 Å². The molecule has 0 N–H and O–H groups in total. The van der Waals surface area contributed by atoms with Crippen molar-refractivity contribution < 1.29 is 14.3 Å². The van der Waals surface area contributed by atoms with Crippen LogP contribution in [0, 0.1) is 0 Å². The van der Waals surface area contributed by atoms with Crippen molar-refractivity contribution in [2.75, 3.05) is 6.61 Å². The van der Waals surface area contributed by atoms with Gasteiger partial charge in [0, 0.05) is 22.3 Å². The average molecular weight is 274 g/mol. The van der Waals surface area contributed by atoms with E-state index in [4.69, 9.17) is 11.1 Å².